The number of alkyl halides is 1. The number of amides is 1. The number of methoxy groups -OCH3 is 2. The molecule has 10 heteroatoms. The molecule has 3 N–H and O–H groups in total. The van der Waals surface area contributed by atoms with Crippen molar-refractivity contribution in [1.29, 1.82) is 0 Å². The summed E-state index contributed by atoms with van der Waals surface area (Å²) in [5, 5.41) is 10.5. The van der Waals surface area contributed by atoms with Crippen LogP contribution in [0.5, 0.6) is 11.5 Å². The molecule has 1 saturated carbocycles. The fourth-order valence-corrected chi connectivity index (χ4v) is 5.03. The Labute approximate surface area is 205 Å². The van der Waals surface area contributed by atoms with Crippen molar-refractivity contribution in [2.45, 2.75) is 50.6 Å². The molecule has 2 aromatic rings. The van der Waals surface area contributed by atoms with Gasteiger partial charge in [0.1, 0.15) is 11.7 Å². The molecule has 1 aromatic heterocycles. The Balaban J connectivity index is 1.51. The highest BCUT2D eigenvalue weighted by atomic mass is 35.5. The van der Waals surface area contributed by atoms with Gasteiger partial charge in [-0.15, -0.1) is 11.6 Å². The number of ether oxygens (including phenoxy) is 2. The van der Waals surface area contributed by atoms with E-state index in [1.165, 1.54) is 25.7 Å². The third kappa shape index (κ3) is 5.93. The summed E-state index contributed by atoms with van der Waals surface area (Å²) in [5.41, 5.74) is 0.755. The Hall–Kier alpha value is -2.52. The zero-order valence-electron chi connectivity index (χ0n) is 20.0. The molecular formula is C24H35ClN6O3. The average molecular weight is 491 g/mol. The molecular weight excluding hydrogens is 456 g/mol. The predicted molar refractivity (Wildman–Crippen MR) is 135 cm³/mol. The van der Waals surface area contributed by atoms with Crippen LogP contribution < -0.4 is 25.4 Å². The second kappa shape index (κ2) is 11.8. The molecule has 1 aliphatic heterocycles. The number of benzene rings is 1. The largest absolute Gasteiger partial charge is 0.493 e. The standard InChI is InChI=1S/C24H35ClN6O3/c1-33-20-13-18-19(14-21(20)34-2)29-24(27-10-9-26-22(32)15-25)30-23(18)28-16-7-11-31(12-8-16)17-5-3-4-6-17/h13-14,16-17H,3-12,15H2,1-2H3,(H,26,32)(H2,27,28,29,30). The lowest BCUT2D eigenvalue weighted by Gasteiger charge is -2.36. The molecule has 0 radical (unpaired) electrons. The number of nitrogens with zero attached hydrogens (tertiary/aromatic N) is 3. The van der Waals surface area contributed by atoms with Gasteiger partial charge >= 0.3 is 0 Å². The fraction of sp³-hybridized carbons (Fsp3) is 0.625. The lowest BCUT2D eigenvalue weighted by Crippen LogP contribution is -2.43. The van der Waals surface area contributed by atoms with Gasteiger partial charge in [0.15, 0.2) is 11.5 Å². The maximum atomic E-state index is 11.4. The number of anilines is 2. The summed E-state index contributed by atoms with van der Waals surface area (Å²) in [7, 11) is 3.24. The van der Waals surface area contributed by atoms with Crippen LogP contribution in [0.15, 0.2) is 12.1 Å². The van der Waals surface area contributed by atoms with E-state index in [2.05, 4.69) is 25.8 Å². The number of hydrogen-bond acceptors (Lipinski definition) is 8. The van der Waals surface area contributed by atoms with E-state index in [-0.39, 0.29) is 11.8 Å². The first-order valence-electron chi connectivity index (χ1n) is 12.1. The molecule has 2 aliphatic rings. The second-order valence-electron chi connectivity index (χ2n) is 8.92. The Morgan fingerprint density at radius 1 is 1.06 bits per heavy atom. The van der Waals surface area contributed by atoms with Crippen molar-refractivity contribution in [2.75, 3.05) is 56.9 Å². The topological polar surface area (TPSA) is 101 Å². The predicted octanol–water partition coefficient (Wildman–Crippen LogP) is 3.23. The number of carbonyl (C=O) groups is 1. The van der Waals surface area contributed by atoms with Crippen LogP contribution in [0.4, 0.5) is 11.8 Å². The number of likely N-dealkylation sites (tertiary alicyclic amines) is 1. The Kier molecular flexibility index (Phi) is 8.50. The Morgan fingerprint density at radius 3 is 2.44 bits per heavy atom. The van der Waals surface area contributed by atoms with E-state index in [1.807, 2.05) is 12.1 Å². The number of nitrogens with one attached hydrogen (secondary N) is 3. The van der Waals surface area contributed by atoms with Crippen molar-refractivity contribution in [3.63, 3.8) is 0 Å². The third-order valence-electron chi connectivity index (χ3n) is 6.76. The molecule has 1 amide bonds. The molecule has 1 aliphatic carbocycles. The molecule has 0 spiro atoms. The van der Waals surface area contributed by atoms with Gasteiger partial charge in [-0.05, 0) is 31.7 Å². The minimum absolute atomic E-state index is 0.0538. The lowest BCUT2D eigenvalue weighted by atomic mass is 10.0. The smallest absolute Gasteiger partial charge is 0.234 e. The highest BCUT2D eigenvalue weighted by Gasteiger charge is 2.27. The molecule has 0 atom stereocenters. The molecule has 2 heterocycles. The minimum atomic E-state index is -0.203. The quantitative estimate of drug-likeness (QED) is 0.345. The molecule has 186 valence electrons. The summed E-state index contributed by atoms with van der Waals surface area (Å²) in [5.74, 6) is 2.27. The van der Waals surface area contributed by atoms with E-state index in [0.717, 1.165) is 48.7 Å². The summed E-state index contributed by atoms with van der Waals surface area (Å²) in [4.78, 5) is 23.5. The van der Waals surface area contributed by atoms with E-state index in [9.17, 15) is 4.79 Å². The van der Waals surface area contributed by atoms with Crippen molar-refractivity contribution in [1.82, 2.24) is 20.2 Å². The Morgan fingerprint density at radius 2 is 1.76 bits per heavy atom. The van der Waals surface area contributed by atoms with Crippen molar-refractivity contribution < 1.29 is 14.3 Å². The SMILES string of the molecule is COc1cc2nc(NCCNC(=O)CCl)nc(NC3CCN(C4CCCC4)CC3)c2cc1OC. The zero-order valence-corrected chi connectivity index (χ0v) is 20.8. The van der Waals surface area contributed by atoms with Crippen molar-refractivity contribution in [3.8, 4) is 11.5 Å². The van der Waals surface area contributed by atoms with Crippen LogP contribution in [-0.4, -0.2) is 79.1 Å². The van der Waals surface area contributed by atoms with E-state index in [1.54, 1.807) is 14.2 Å². The van der Waals surface area contributed by atoms with Crippen LogP contribution in [0.3, 0.4) is 0 Å². The van der Waals surface area contributed by atoms with Gasteiger partial charge < -0.3 is 30.3 Å². The molecule has 1 saturated heterocycles. The third-order valence-corrected chi connectivity index (χ3v) is 7.01. The fourth-order valence-electron chi connectivity index (χ4n) is 4.94. The van der Waals surface area contributed by atoms with Gasteiger partial charge in [0.2, 0.25) is 11.9 Å². The number of halogens is 1. The van der Waals surface area contributed by atoms with E-state index >= 15 is 0 Å². The number of piperidine rings is 1. The van der Waals surface area contributed by atoms with Crippen molar-refractivity contribution in [3.05, 3.63) is 12.1 Å². The first kappa shape index (κ1) is 24.6. The molecule has 1 aromatic carbocycles. The van der Waals surface area contributed by atoms with Gasteiger partial charge in [0.25, 0.3) is 0 Å². The van der Waals surface area contributed by atoms with Crippen LogP contribution in [-0.2, 0) is 4.79 Å². The number of fused-ring (bicyclic) bond motifs is 1. The van der Waals surface area contributed by atoms with Gasteiger partial charge in [0, 0.05) is 49.7 Å². The number of aromatic nitrogens is 2. The first-order chi connectivity index (χ1) is 16.6. The number of rotatable bonds is 10. The lowest BCUT2D eigenvalue weighted by molar-refractivity contribution is -0.118. The van der Waals surface area contributed by atoms with E-state index in [0.29, 0.717) is 36.6 Å². The molecule has 0 unspecified atom stereocenters. The first-order valence-corrected chi connectivity index (χ1v) is 12.7. The zero-order chi connectivity index (χ0) is 23.9. The Bertz CT molecular complexity index is 977. The molecule has 0 bridgehead atoms. The van der Waals surface area contributed by atoms with Crippen LogP contribution >= 0.6 is 11.6 Å². The van der Waals surface area contributed by atoms with Gasteiger partial charge in [0.05, 0.1) is 19.7 Å². The summed E-state index contributed by atoms with van der Waals surface area (Å²) >= 11 is 5.54. The molecule has 34 heavy (non-hydrogen) atoms. The maximum absolute atomic E-state index is 11.4. The van der Waals surface area contributed by atoms with Crippen LogP contribution in [0.1, 0.15) is 38.5 Å². The van der Waals surface area contributed by atoms with Crippen LogP contribution in [0, 0.1) is 0 Å². The van der Waals surface area contributed by atoms with E-state index in [4.69, 9.17) is 26.1 Å². The molecule has 2 fully saturated rings. The monoisotopic (exact) mass is 490 g/mol. The summed E-state index contributed by atoms with van der Waals surface area (Å²) in [6.45, 7) is 3.16. The van der Waals surface area contributed by atoms with Crippen molar-refractivity contribution >= 4 is 40.2 Å². The van der Waals surface area contributed by atoms with Gasteiger partial charge in [-0.25, -0.2) is 4.98 Å². The highest BCUT2D eigenvalue weighted by Crippen LogP contribution is 2.35. The maximum Gasteiger partial charge on any atom is 0.234 e. The summed E-state index contributed by atoms with van der Waals surface area (Å²) < 4.78 is 11.0. The van der Waals surface area contributed by atoms with Gasteiger partial charge in [-0.2, -0.15) is 4.98 Å². The summed E-state index contributed by atoms with van der Waals surface area (Å²) in [6, 6.07) is 4.91. The highest BCUT2D eigenvalue weighted by molar-refractivity contribution is 6.27. The van der Waals surface area contributed by atoms with Crippen LogP contribution in [0.25, 0.3) is 10.9 Å². The average Bonchev–Trinajstić information content (AvgIpc) is 3.41. The van der Waals surface area contributed by atoms with Gasteiger partial charge in [-0.3, -0.25) is 4.79 Å². The normalized spacial score (nSPS) is 17.6. The minimum Gasteiger partial charge on any atom is -0.493 e. The summed E-state index contributed by atoms with van der Waals surface area (Å²) in [6.07, 6.45) is 7.59. The molecule has 9 nitrogen and oxygen atoms in total. The van der Waals surface area contributed by atoms with Gasteiger partial charge in [-0.1, -0.05) is 12.8 Å². The van der Waals surface area contributed by atoms with E-state index < -0.39 is 0 Å². The number of hydrogen-bond donors (Lipinski definition) is 3. The molecule has 4 rings (SSSR count). The van der Waals surface area contributed by atoms with Crippen molar-refractivity contribution in [2.24, 2.45) is 0 Å². The van der Waals surface area contributed by atoms with Crippen LogP contribution in [0.2, 0.25) is 0 Å². The second-order valence-corrected chi connectivity index (χ2v) is 9.19. The number of carbonyl (C=O) groups excluding carboxylic acids is 1.